The molecule has 9 nitrogen and oxygen atoms in total. The zero-order valence-electron chi connectivity index (χ0n) is 18.3. The van der Waals surface area contributed by atoms with Crippen LogP contribution in [0.15, 0.2) is 48.1 Å². The van der Waals surface area contributed by atoms with Gasteiger partial charge in [0.25, 0.3) is 0 Å². The van der Waals surface area contributed by atoms with Gasteiger partial charge in [0.2, 0.25) is 16.0 Å². The Kier molecular flexibility index (Phi) is 5.77. The first-order valence-electron chi connectivity index (χ1n) is 10.6. The number of anilines is 1. The largest absolute Gasteiger partial charge is 0.497 e. The molecule has 33 heavy (non-hydrogen) atoms. The second-order valence-electron chi connectivity index (χ2n) is 7.94. The maximum atomic E-state index is 11.8. The molecule has 1 aliphatic rings. The Balaban J connectivity index is 1.45. The molecule has 0 radical (unpaired) electrons. The van der Waals surface area contributed by atoms with Crippen LogP contribution >= 0.6 is 11.3 Å². The predicted molar refractivity (Wildman–Crippen MR) is 129 cm³/mol. The summed E-state index contributed by atoms with van der Waals surface area (Å²) < 4.78 is 32.5. The molecule has 172 valence electrons. The van der Waals surface area contributed by atoms with Crippen LogP contribution in [0.3, 0.4) is 0 Å². The van der Waals surface area contributed by atoms with Crippen molar-refractivity contribution in [3.63, 3.8) is 0 Å². The third-order valence-corrected chi connectivity index (χ3v) is 7.82. The molecule has 1 aliphatic heterocycles. The van der Waals surface area contributed by atoms with Crippen LogP contribution in [0.2, 0.25) is 0 Å². The minimum Gasteiger partial charge on any atom is -0.497 e. The fraction of sp³-hybridized carbons (Fsp3) is 0.318. The van der Waals surface area contributed by atoms with Crippen molar-refractivity contribution in [2.75, 3.05) is 31.8 Å². The van der Waals surface area contributed by atoms with E-state index in [1.54, 1.807) is 24.6 Å². The third kappa shape index (κ3) is 4.43. The van der Waals surface area contributed by atoms with Crippen molar-refractivity contribution in [3.8, 4) is 28.4 Å². The summed E-state index contributed by atoms with van der Waals surface area (Å²) in [6.45, 7) is 0.989. The van der Waals surface area contributed by atoms with Crippen molar-refractivity contribution in [3.05, 3.63) is 48.1 Å². The summed E-state index contributed by atoms with van der Waals surface area (Å²) in [5.41, 5.74) is 3.41. The van der Waals surface area contributed by atoms with Gasteiger partial charge in [-0.25, -0.2) is 27.7 Å². The summed E-state index contributed by atoms with van der Waals surface area (Å²) >= 11 is 1.56. The lowest BCUT2D eigenvalue weighted by Crippen LogP contribution is -2.42. The number of benzene rings is 1. The number of fused-ring (bicyclic) bond motifs is 1. The van der Waals surface area contributed by atoms with Crippen molar-refractivity contribution < 1.29 is 13.2 Å². The zero-order chi connectivity index (χ0) is 23.0. The van der Waals surface area contributed by atoms with E-state index in [1.165, 1.54) is 10.6 Å². The maximum Gasteiger partial charge on any atom is 0.223 e. The van der Waals surface area contributed by atoms with E-state index in [-0.39, 0.29) is 6.04 Å². The minimum absolute atomic E-state index is 0.114. The molecule has 0 amide bonds. The van der Waals surface area contributed by atoms with Gasteiger partial charge in [-0.15, -0.1) is 11.3 Å². The number of imidazole rings is 1. The van der Waals surface area contributed by atoms with Gasteiger partial charge in [-0.2, -0.15) is 0 Å². The number of piperidine rings is 1. The number of hydrogen-bond acceptors (Lipinski definition) is 8. The second kappa shape index (κ2) is 8.73. The Bertz CT molecular complexity index is 1390. The molecule has 0 unspecified atom stereocenters. The number of ether oxygens (including phenoxy) is 1. The Hall–Kier alpha value is -3.02. The third-order valence-electron chi connectivity index (χ3n) is 5.76. The van der Waals surface area contributed by atoms with Crippen LogP contribution in [0.5, 0.6) is 5.75 Å². The Morgan fingerprint density at radius 1 is 1.18 bits per heavy atom. The lowest BCUT2D eigenvalue weighted by molar-refractivity contribution is 0.331. The molecule has 4 heterocycles. The molecular formula is C22H24N6O3S2. The summed E-state index contributed by atoms with van der Waals surface area (Å²) in [5.74, 6) is 1.28. The number of nitrogens with zero attached hydrogens (tertiary/aromatic N) is 5. The van der Waals surface area contributed by atoms with Crippen molar-refractivity contribution in [2.45, 2.75) is 18.9 Å². The van der Waals surface area contributed by atoms with Gasteiger partial charge in [0.15, 0.2) is 4.96 Å². The van der Waals surface area contributed by atoms with Crippen LogP contribution < -0.4 is 10.1 Å². The first kappa shape index (κ1) is 21.8. The molecule has 0 atom stereocenters. The van der Waals surface area contributed by atoms with E-state index in [9.17, 15) is 8.42 Å². The molecule has 4 aromatic rings. The molecule has 0 bridgehead atoms. The van der Waals surface area contributed by atoms with E-state index < -0.39 is 10.0 Å². The van der Waals surface area contributed by atoms with Crippen LogP contribution in [0.25, 0.3) is 27.6 Å². The van der Waals surface area contributed by atoms with E-state index in [2.05, 4.69) is 10.3 Å². The molecule has 0 saturated carbocycles. The van der Waals surface area contributed by atoms with Gasteiger partial charge in [0, 0.05) is 42.5 Å². The number of thiazole rings is 1. The van der Waals surface area contributed by atoms with Crippen molar-refractivity contribution in [1.82, 2.24) is 23.7 Å². The summed E-state index contributed by atoms with van der Waals surface area (Å²) in [6.07, 6.45) is 6.39. The highest BCUT2D eigenvalue weighted by Crippen LogP contribution is 2.35. The maximum absolute atomic E-state index is 11.8. The molecule has 11 heteroatoms. The molecule has 5 rings (SSSR count). The number of methoxy groups -OCH3 is 1. The van der Waals surface area contributed by atoms with E-state index in [0.717, 1.165) is 33.4 Å². The van der Waals surface area contributed by atoms with Crippen LogP contribution in [-0.4, -0.2) is 64.6 Å². The lowest BCUT2D eigenvalue weighted by atomic mass is 10.1. The van der Waals surface area contributed by atoms with Gasteiger partial charge in [-0.05, 0) is 31.0 Å². The quantitative estimate of drug-likeness (QED) is 0.448. The number of hydrogen-bond donors (Lipinski definition) is 1. The van der Waals surface area contributed by atoms with Crippen molar-refractivity contribution in [1.29, 1.82) is 0 Å². The highest BCUT2D eigenvalue weighted by atomic mass is 32.2. The predicted octanol–water partition coefficient (Wildman–Crippen LogP) is 3.36. The second-order valence-corrected chi connectivity index (χ2v) is 10.8. The summed E-state index contributed by atoms with van der Waals surface area (Å²) in [5, 5.41) is 5.38. The average molecular weight is 485 g/mol. The van der Waals surface area contributed by atoms with Crippen molar-refractivity contribution >= 4 is 32.3 Å². The Morgan fingerprint density at radius 2 is 2.00 bits per heavy atom. The van der Waals surface area contributed by atoms with Crippen LogP contribution in [0, 0.1) is 0 Å². The van der Waals surface area contributed by atoms with E-state index in [4.69, 9.17) is 14.7 Å². The molecule has 1 aromatic carbocycles. The van der Waals surface area contributed by atoms with Gasteiger partial charge in [-0.3, -0.25) is 4.40 Å². The topological polar surface area (TPSA) is 102 Å². The summed E-state index contributed by atoms with van der Waals surface area (Å²) in [4.78, 5) is 14.9. The highest BCUT2D eigenvalue weighted by Gasteiger charge is 2.25. The average Bonchev–Trinajstić information content (AvgIpc) is 3.40. The number of sulfonamides is 1. The Labute approximate surface area is 196 Å². The SMILES string of the molecule is COc1cccc(-c2nc3sccn3c2-c2ccnc(NC3CCN(S(C)(=O)=O)CC3)n2)c1. The minimum atomic E-state index is -3.15. The van der Waals surface area contributed by atoms with E-state index in [1.807, 2.05) is 46.3 Å². The molecule has 3 aromatic heterocycles. The molecule has 0 aliphatic carbocycles. The fourth-order valence-corrected chi connectivity index (χ4v) is 5.66. The smallest absolute Gasteiger partial charge is 0.223 e. The van der Waals surface area contributed by atoms with Crippen LogP contribution in [0.4, 0.5) is 5.95 Å². The van der Waals surface area contributed by atoms with E-state index >= 15 is 0 Å². The number of nitrogens with one attached hydrogen (secondary N) is 1. The van der Waals surface area contributed by atoms with Crippen LogP contribution in [0.1, 0.15) is 12.8 Å². The van der Waals surface area contributed by atoms with Gasteiger partial charge >= 0.3 is 0 Å². The monoisotopic (exact) mass is 484 g/mol. The Morgan fingerprint density at radius 3 is 2.76 bits per heavy atom. The summed E-state index contributed by atoms with van der Waals surface area (Å²) in [6, 6.07) is 9.82. The van der Waals surface area contributed by atoms with E-state index in [0.29, 0.717) is 31.9 Å². The molecule has 1 saturated heterocycles. The van der Waals surface area contributed by atoms with Gasteiger partial charge in [0.05, 0.1) is 24.8 Å². The van der Waals surface area contributed by atoms with Crippen LogP contribution in [-0.2, 0) is 10.0 Å². The lowest BCUT2D eigenvalue weighted by Gasteiger charge is -2.30. The first-order chi connectivity index (χ1) is 15.9. The van der Waals surface area contributed by atoms with Gasteiger partial charge < -0.3 is 10.1 Å². The molecule has 0 spiro atoms. The molecule has 1 N–H and O–H groups in total. The molecular weight excluding hydrogens is 460 g/mol. The number of aromatic nitrogens is 4. The van der Waals surface area contributed by atoms with Gasteiger partial charge in [-0.1, -0.05) is 12.1 Å². The van der Waals surface area contributed by atoms with Crippen molar-refractivity contribution in [2.24, 2.45) is 0 Å². The highest BCUT2D eigenvalue weighted by molar-refractivity contribution is 7.88. The van der Waals surface area contributed by atoms with Gasteiger partial charge in [0.1, 0.15) is 11.4 Å². The normalized spacial score (nSPS) is 15.7. The number of rotatable bonds is 6. The zero-order valence-corrected chi connectivity index (χ0v) is 19.9. The molecule has 1 fully saturated rings. The first-order valence-corrected chi connectivity index (χ1v) is 13.3. The summed E-state index contributed by atoms with van der Waals surface area (Å²) in [7, 11) is -1.51. The standard InChI is InChI=1S/C22H24N6O3S2/c1-31-17-5-3-4-15(14-17)19-20(28-12-13-32-22(28)26-19)18-6-9-23-21(25-18)24-16-7-10-27(11-8-16)33(2,29)30/h3-6,9,12-14,16H,7-8,10-11H2,1-2H3,(H,23,24,25). The fourth-order valence-electron chi connectivity index (χ4n) is 4.08.